The standard InChI is InChI=1S/C25H30N4/c1-16(2)20-6-8-21(9-7-20)27-25-28-23-10-5-19(15-26)14-24(23)29(25)22-12-17(3)11-18(4)13-22/h5-10,14,16-18,22H,11-13H2,1-4H3,(H,27,28). The van der Waals surface area contributed by atoms with Crippen LogP contribution in [-0.4, -0.2) is 9.55 Å². The molecule has 0 bridgehead atoms. The lowest BCUT2D eigenvalue weighted by Gasteiger charge is -2.33. The van der Waals surface area contributed by atoms with Crippen molar-refractivity contribution >= 4 is 22.7 Å². The molecule has 29 heavy (non-hydrogen) atoms. The maximum atomic E-state index is 9.40. The smallest absolute Gasteiger partial charge is 0.208 e. The van der Waals surface area contributed by atoms with E-state index in [0.717, 1.165) is 35.5 Å². The highest BCUT2D eigenvalue weighted by Crippen LogP contribution is 2.40. The number of benzene rings is 2. The molecule has 0 spiro atoms. The third-order valence-corrected chi connectivity index (χ3v) is 6.17. The minimum absolute atomic E-state index is 0.394. The SMILES string of the molecule is CC1CC(C)CC(n2c(Nc3ccc(C(C)C)cc3)nc3ccc(C#N)cc32)C1. The van der Waals surface area contributed by atoms with E-state index in [9.17, 15) is 5.26 Å². The molecule has 0 aliphatic heterocycles. The molecule has 3 aromatic rings. The summed E-state index contributed by atoms with van der Waals surface area (Å²) in [5.74, 6) is 2.78. The van der Waals surface area contributed by atoms with Gasteiger partial charge in [-0.15, -0.1) is 0 Å². The number of aromatic nitrogens is 2. The Balaban J connectivity index is 1.77. The predicted molar refractivity (Wildman–Crippen MR) is 119 cm³/mol. The Labute approximate surface area is 173 Å². The van der Waals surface area contributed by atoms with Crippen molar-refractivity contribution in [3.8, 4) is 6.07 Å². The topological polar surface area (TPSA) is 53.6 Å². The van der Waals surface area contributed by atoms with Gasteiger partial charge < -0.3 is 9.88 Å². The molecule has 1 N–H and O–H groups in total. The number of nitrogens with one attached hydrogen (secondary N) is 1. The molecule has 1 aromatic heterocycles. The highest BCUT2D eigenvalue weighted by molar-refractivity contribution is 5.81. The molecular formula is C25H30N4. The quantitative estimate of drug-likeness (QED) is 0.538. The van der Waals surface area contributed by atoms with Crippen molar-refractivity contribution in [3.63, 3.8) is 0 Å². The average Bonchev–Trinajstić information content (AvgIpc) is 3.04. The molecule has 2 atom stereocenters. The normalized spacial score (nSPS) is 22.0. The predicted octanol–water partition coefficient (Wildman–Crippen LogP) is 6.77. The summed E-state index contributed by atoms with van der Waals surface area (Å²) in [6.45, 7) is 9.11. The summed E-state index contributed by atoms with van der Waals surface area (Å²) in [5.41, 5.74) is 5.05. The first-order chi connectivity index (χ1) is 13.9. The number of hydrogen-bond acceptors (Lipinski definition) is 3. The molecule has 1 aliphatic rings. The third-order valence-electron chi connectivity index (χ3n) is 6.17. The van der Waals surface area contributed by atoms with Crippen LogP contribution in [0.15, 0.2) is 42.5 Å². The van der Waals surface area contributed by atoms with Gasteiger partial charge in [-0.05, 0) is 72.9 Å². The van der Waals surface area contributed by atoms with E-state index in [1.807, 2.05) is 18.2 Å². The zero-order valence-corrected chi connectivity index (χ0v) is 17.8. The van der Waals surface area contributed by atoms with Gasteiger partial charge in [0.15, 0.2) is 0 Å². The van der Waals surface area contributed by atoms with Gasteiger partial charge in [-0.1, -0.05) is 39.8 Å². The Hall–Kier alpha value is -2.80. The number of nitrogens with zero attached hydrogens (tertiary/aromatic N) is 3. The number of fused-ring (bicyclic) bond motifs is 1. The van der Waals surface area contributed by atoms with Crippen molar-refractivity contribution in [2.24, 2.45) is 11.8 Å². The summed E-state index contributed by atoms with van der Waals surface area (Å²) in [6, 6.07) is 17.1. The van der Waals surface area contributed by atoms with E-state index in [1.54, 1.807) is 0 Å². The first-order valence-electron chi connectivity index (χ1n) is 10.7. The van der Waals surface area contributed by atoms with Crippen LogP contribution in [0.4, 0.5) is 11.6 Å². The molecular weight excluding hydrogens is 356 g/mol. The fourth-order valence-electron chi connectivity index (χ4n) is 4.82. The molecule has 0 saturated heterocycles. The van der Waals surface area contributed by atoms with Gasteiger partial charge in [-0.25, -0.2) is 4.98 Å². The summed E-state index contributed by atoms with van der Waals surface area (Å²) >= 11 is 0. The summed E-state index contributed by atoms with van der Waals surface area (Å²) in [4.78, 5) is 4.91. The van der Waals surface area contributed by atoms with Gasteiger partial charge in [0.1, 0.15) is 0 Å². The first kappa shape index (κ1) is 19.5. The van der Waals surface area contributed by atoms with Gasteiger partial charge in [-0.2, -0.15) is 5.26 Å². The van der Waals surface area contributed by atoms with Crippen LogP contribution in [0, 0.1) is 23.2 Å². The van der Waals surface area contributed by atoms with E-state index in [4.69, 9.17) is 4.98 Å². The second kappa shape index (κ2) is 7.91. The van der Waals surface area contributed by atoms with E-state index in [-0.39, 0.29) is 0 Å². The van der Waals surface area contributed by atoms with Crippen LogP contribution < -0.4 is 5.32 Å². The van der Waals surface area contributed by atoms with E-state index in [2.05, 4.69) is 67.9 Å². The van der Waals surface area contributed by atoms with Crippen LogP contribution in [0.2, 0.25) is 0 Å². The van der Waals surface area contributed by atoms with Crippen LogP contribution >= 0.6 is 0 Å². The van der Waals surface area contributed by atoms with Crippen molar-refractivity contribution in [1.29, 1.82) is 5.26 Å². The number of imidazole rings is 1. The van der Waals surface area contributed by atoms with Crippen molar-refractivity contribution in [3.05, 3.63) is 53.6 Å². The Morgan fingerprint density at radius 3 is 2.34 bits per heavy atom. The Morgan fingerprint density at radius 1 is 1.03 bits per heavy atom. The van der Waals surface area contributed by atoms with Crippen molar-refractivity contribution in [2.45, 2.75) is 58.9 Å². The van der Waals surface area contributed by atoms with Gasteiger partial charge in [0.25, 0.3) is 0 Å². The second-order valence-electron chi connectivity index (χ2n) is 9.09. The van der Waals surface area contributed by atoms with Crippen LogP contribution in [-0.2, 0) is 0 Å². The molecule has 1 aliphatic carbocycles. The highest BCUT2D eigenvalue weighted by atomic mass is 15.2. The molecule has 2 unspecified atom stereocenters. The molecule has 1 heterocycles. The maximum absolute atomic E-state index is 9.40. The third kappa shape index (κ3) is 4.00. The average molecular weight is 387 g/mol. The number of rotatable bonds is 4. The molecule has 0 amide bonds. The fourth-order valence-corrected chi connectivity index (χ4v) is 4.82. The molecule has 150 valence electrons. The van der Waals surface area contributed by atoms with Gasteiger partial charge in [0.2, 0.25) is 5.95 Å². The summed E-state index contributed by atoms with van der Waals surface area (Å²) in [5, 5.41) is 13.0. The zero-order chi connectivity index (χ0) is 20.5. The van der Waals surface area contributed by atoms with Crippen molar-refractivity contribution in [2.75, 3.05) is 5.32 Å². The molecule has 4 rings (SSSR count). The molecule has 1 fully saturated rings. The first-order valence-corrected chi connectivity index (χ1v) is 10.7. The van der Waals surface area contributed by atoms with Crippen molar-refractivity contribution in [1.82, 2.24) is 9.55 Å². The van der Waals surface area contributed by atoms with Crippen LogP contribution in [0.3, 0.4) is 0 Å². The van der Waals surface area contributed by atoms with Crippen LogP contribution in [0.5, 0.6) is 0 Å². The Bertz CT molecular complexity index is 1030. The monoisotopic (exact) mass is 386 g/mol. The molecule has 1 saturated carbocycles. The summed E-state index contributed by atoms with van der Waals surface area (Å²) in [6.07, 6.45) is 3.58. The van der Waals surface area contributed by atoms with Gasteiger partial charge in [0.05, 0.1) is 22.7 Å². The molecule has 4 heteroatoms. The molecule has 2 aromatic carbocycles. The lowest BCUT2D eigenvalue weighted by Crippen LogP contribution is -2.23. The fraction of sp³-hybridized carbons (Fsp3) is 0.440. The number of nitriles is 1. The summed E-state index contributed by atoms with van der Waals surface area (Å²) in [7, 11) is 0. The van der Waals surface area contributed by atoms with Gasteiger partial charge >= 0.3 is 0 Å². The number of hydrogen-bond donors (Lipinski definition) is 1. The van der Waals surface area contributed by atoms with E-state index >= 15 is 0 Å². The minimum Gasteiger partial charge on any atom is -0.326 e. The van der Waals surface area contributed by atoms with E-state index < -0.39 is 0 Å². The van der Waals surface area contributed by atoms with E-state index in [1.165, 1.54) is 12.0 Å². The minimum atomic E-state index is 0.394. The molecule has 4 nitrogen and oxygen atoms in total. The second-order valence-corrected chi connectivity index (χ2v) is 9.09. The number of anilines is 2. The zero-order valence-electron chi connectivity index (χ0n) is 17.8. The summed E-state index contributed by atoms with van der Waals surface area (Å²) < 4.78 is 2.35. The van der Waals surface area contributed by atoms with Crippen LogP contribution in [0.1, 0.15) is 70.0 Å². The van der Waals surface area contributed by atoms with Crippen LogP contribution in [0.25, 0.3) is 11.0 Å². The highest BCUT2D eigenvalue weighted by Gasteiger charge is 2.28. The van der Waals surface area contributed by atoms with Gasteiger partial charge in [0, 0.05) is 11.7 Å². The van der Waals surface area contributed by atoms with E-state index in [0.29, 0.717) is 29.4 Å². The molecule has 0 radical (unpaired) electrons. The lowest BCUT2D eigenvalue weighted by molar-refractivity contribution is 0.226. The lowest BCUT2D eigenvalue weighted by atomic mass is 9.80. The maximum Gasteiger partial charge on any atom is 0.208 e. The van der Waals surface area contributed by atoms with Gasteiger partial charge in [-0.3, -0.25) is 0 Å². The Kier molecular flexibility index (Phi) is 5.32. The van der Waals surface area contributed by atoms with Crippen molar-refractivity contribution < 1.29 is 0 Å². The largest absolute Gasteiger partial charge is 0.326 e. The Morgan fingerprint density at radius 2 is 1.72 bits per heavy atom.